The minimum Gasteiger partial charge on any atom is -0.598 e. The van der Waals surface area contributed by atoms with Crippen LogP contribution in [0.25, 0.3) is 0 Å². The van der Waals surface area contributed by atoms with Gasteiger partial charge in [0, 0.05) is 16.2 Å². The topological polar surface area (TPSA) is 95.2 Å². The van der Waals surface area contributed by atoms with Crippen molar-refractivity contribution in [1.29, 1.82) is 0 Å². The maximum atomic E-state index is 12.7. The maximum Gasteiger partial charge on any atom is 0.170 e. The Morgan fingerprint density at radius 2 is 1.83 bits per heavy atom. The monoisotopic (exact) mass is 478 g/mol. The molecule has 0 unspecified atom stereocenters. The molecule has 0 saturated carbocycles. The Hall–Kier alpha value is 0.650. The highest BCUT2D eigenvalue weighted by Crippen LogP contribution is 2.40. The molecule has 0 bridgehead atoms. The number of rotatable bonds is 6. The van der Waals surface area contributed by atoms with E-state index in [1.54, 1.807) is 13.0 Å². The van der Waals surface area contributed by atoms with Gasteiger partial charge >= 0.3 is 0 Å². The highest BCUT2D eigenvalue weighted by molar-refractivity contribution is 9.11. The smallest absolute Gasteiger partial charge is 0.170 e. The molecule has 1 rings (SSSR count). The van der Waals surface area contributed by atoms with Crippen LogP contribution in [-0.2, 0) is 26.7 Å². The Bertz CT molecular complexity index is 695. The molecule has 0 aliphatic rings. The minimum absolute atomic E-state index is 0.321. The van der Waals surface area contributed by atoms with Crippen LogP contribution in [0.2, 0.25) is 5.02 Å². The van der Waals surface area contributed by atoms with Crippen LogP contribution in [0.15, 0.2) is 9.85 Å². The lowest BCUT2D eigenvalue weighted by molar-refractivity contribution is 0.452. The van der Waals surface area contributed by atoms with Crippen molar-refractivity contribution in [3.8, 4) is 0 Å². The number of thiophene rings is 1. The Morgan fingerprint density at radius 1 is 1.33 bits per heavy atom. The summed E-state index contributed by atoms with van der Waals surface area (Å²) in [6.07, 6.45) is 0. The molecule has 3 N–H and O–H groups in total. The van der Waals surface area contributed by atoms with Crippen molar-refractivity contribution in [2.45, 2.75) is 56.7 Å². The summed E-state index contributed by atoms with van der Waals surface area (Å²) >= 11 is 9.46. The predicted molar refractivity (Wildman–Crippen MR) is 107 cm³/mol. The number of hydrogen-bond acceptors (Lipinski definition) is 6. The summed E-state index contributed by atoms with van der Waals surface area (Å²) < 4.78 is 41.2. The highest BCUT2D eigenvalue weighted by atomic mass is 79.9. The van der Waals surface area contributed by atoms with E-state index in [-0.39, 0.29) is 5.75 Å². The zero-order valence-electron chi connectivity index (χ0n) is 14.6. The van der Waals surface area contributed by atoms with Gasteiger partial charge in [-0.05, 0) is 63.5 Å². The molecule has 1 heterocycles. The fourth-order valence-corrected chi connectivity index (χ4v) is 6.49. The fraction of sp³-hybridized carbons (Fsp3) is 0.714. The normalized spacial score (nSPS) is 17.6. The van der Waals surface area contributed by atoms with Crippen molar-refractivity contribution in [3.63, 3.8) is 0 Å². The van der Waals surface area contributed by atoms with Crippen molar-refractivity contribution in [2.75, 3.05) is 5.75 Å². The van der Waals surface area contributed by atoms with E-state index in [1.165, 1.54) is 25.2 Å². The number of halogens is 2. The number of sulfone groups is 1. The van der Waals surface area contributed by atoms with E-state index in [9.17, 15) is 13.0 Å². The molecule has 140 valence electrons. The van der Waals surface area contributed by atoms with Gasteiger partial charge in [-0.2, -0.15) is 0 Å². The molecule has 1 aromatic heterocycles. The Balaban J connectivity index is 3.40. The first kappa shape index (κ1) is 22.7. The van der Waals surface area contributed by atoms with Gasteiger partial charge in [-0.15, -0.1) is 16.1 Å². The lowest BCUT2D eigenvalue weighted by Gasteiger charge is -2.35. The van der Waals surface area contributed by atoms with Crippen LogP contribution in [-0.4, -0.2) is 28.3 Å². The molecule has 1 aromatic rings. The van der Waals surface area contributed by atoms with Crippen LogP contribution < -0.4 is 10.5 Å². The zero-order valence-corrected chi connectivity index (χ0v) is 19.4. The fourth-order valence-electron chi connectivity index (χ4n) is 1.78. The molecule has 0 aliphatic heterocycles. The quantitative estimate of drug-likeness (QED) is 0.608. The molecule has 0 saturated heterocycles. The molecular formula is C14H24BrClN2O3S3. The maximum absolute atomic E-state index is 12.7. The summed E-state index contributed by atoms with van der Waals surface area (Å²) in [6, 6.07) is 1.70. The van der Waals surface area contributed by atoms with Gasteiger partial charge in [-0.25, -0.2) is 8.42 Å². The SMILES string of the molecule is CC(C)(C)[S@@+]([O-])N[C@@](C)(CS(=O)(=O)C(C)(C)N)c1sc(Br)cc1Cl. The van der Waals surface area contributed by atoms with Crippen LogP contribution in [0, 0.1) is 0 Å². The molecule has 5 nitrogen and oxygen atoms in total. The van der Waals surface area contributed by atoms with Gasteiger partial charge < -0.3 is 10.3 Å². The predicted octanol–water partition coefficient (Wildman–Crippen LogP) is 3.54. The molecule has 0 spiro atoms. The first-order valence-electron chi connectivity index (χ1n) is 7.16. The molecule has 0 radical (unpaired) electrons. The van der Waals surface area contributed by atoms with Crippen molar-refractivity contribution in [1.82, 2.24) is 4.72 Å². The molecular weight excluding hydrogens is 456 g/mol. The molecule has 2 atom stereocenters. The zero-order chi connectivity index (χ0) is 19.1. The summed E-state index contributed by atoms with van der Waals surface area (Å²) in [5.41, 5.74) is 4.69. The van der Waals surface area contributed by atoms with Crippen molar-refractivity contribution in [3.05, 3.63) is 19.8 Å². The van der Waals surface area contributed by atoms with Gasteiger partial charge in [0.15, 0.2) is 9.84 Å². The van der Waals surface area contributed by atoms with Crippen LogP contribution in [0.4, 0.5) is 0 Å². The Morgan fingerprint density at radius 3 is 2.17 bits per heavy atom. The average molecular weight is 480 g/mol. The van der Waals surface area contributed by atoms with Gasteiger partial charge in [0.1, 0.15) is 15.2 Å². The third kappa shape index (κ3) is 5.33. The second-order valence-electron chi connectivity index (χ2n) is 7.41. The van der Waals surface area contributed by atoms with E-state index >= 15 is 0 Å². The van der Waals surface area contributed by atoms with Crippen LogP contribution in [0.3, 0.4) is 0 Å². The minimum atomic E-state index is -3.69. The van der Waals surface area contributed by atoms with Gasteiger partial charge in [-0.1, -0.05) is 11.6 Å². The average Bonchev–Trinajstić information content (AvgIpc) is 2.65. The molecule has 0 amide bonds. The first-order valence-corrected chi connectivity index (χ1v) is 11.9. The molecule has 10 heteroatoms. The summed E-state index contributed by atoms with van der Waals surface area (Å²) in [5, 5.41) is 0.415. The third-order valence-electron chi connectivity index (χ3n) is 3.31. The molecule has 0 aliphatic carbocycles. The van der Waals surface area contributed by atoms with Gasteiger partial charge in [0.05, 0.1) is 14.6 Å². The van der Waals surface area contributed by atoms with Crippen LogP contribution in [0.1, 0.15) is 46.4 Å². The standard InChI is InChI=1S/C14H24BrClN2O3S3/c1-12(2,3)23(19)18-14(6,8-24(20,21)13(4,5)17)11-9(16)7-10(15)22-11/h7,18H,8,17H2,1-6H3/t14-,23+/m0/s1. The second kappa shape index (κ2) is 7.34. The summed E-state index contributed by atoms with van der Waals surface area (Å²) in [4.78, 5) is -0.818. The largest absolute Gasteiger partial charge is 0.598 e. The van der Waals surface area contributed by atoms with Crippen molar-refractivity contribution < 1.29 is 13.0 Å². The molecule has 0 aromatic carbocycles. The second-order valence-corrected chi connectivity index (χ2v) is 14.8. The lowest BCUT2D eigenvalue weighted by atomic mass is 10.1. The van der Waals surface area contributed by atoms with E-state index in [2.05, 4.69) is 20.7 Å². The van der Waals surface area contributed by atoms with Gasteiger partial charge in [0.2, 0.25) is 0 Å². The lowest BCUT2D eigenvalue weighted by Crippen LogP contribution is -2.56. The molecule has 24 heavy (non-hydrogen) atoms. The van der Waals surface area contributed by atoms with E-state index in [1.807, 2.05) is 20.8 Å². The number of hydrogen-bond donors (Lipinski definition) is 2. The van der Waals surface area contributed by atoms with E-state index in [4.69, 9.17) is 17.3 Å². The Kier molecular flexibility index (Phi) is 6.94. The Labute approximate surface area is 165 Å². The molecule has 0 fully saturated rings. The summed E-state index contributed by atoms with van der Waals surface area (Å²) in [5.74, 6) is -0.321. The van der Waals surface area contributed by atoms with Crippen molar-refractivity contribution >= 4 is 60.1 Å². The van der Waals surface area contributed by atoms with Crippen molar-refractivity contribution in [2.24, 2.45) is 5.73 Å². The van der Waals surface area contributed by atoms with Crippen LogP contribution >= 0.6 is 38.9 Å². The van der Waals surface area contributed by atoms with E-state index in [0.29, 0.717) is 9.90 Å². The summed E-state index contributed by atoms with van der Waals surface area (Å²) in [6.45, 7) is 9.99. The van der Waals surface area contributed by atoms with E-state index < -0.39 is 36.4 Å². The highest BCUT2D eigenvalue weighted by Gasteiger charge is 2.45. The van der Waals surface area contributed by atoms with Crippen LogP contribution in [0.5, 0.6) is 0 Å². The van der Waals surface area contributed by atoms with Gasteiger partial charge in [0.25, 0.3) is 0 Å². The third-order valence-corrected chi connectivity index (χ3v) is 9.93. The number of nitrogens with one attached hydrogen (secondary N) is 1. The summed E-state index contributed by atoms with van der Waals surface area (Å²) in [7, 11) is -3.69. The van der Waals surface area contributed by atoms with Gasteiger partial charge in [-0.3, -0.25) is 0 Å². The first-order chi connectivity index (χ1) is 10.5. The van der Waals surface area contributed by atoms with E-state index in [0.717, 1.165) is 3.79 Å². The number of nitrogens with two attached hydrogens (primary N) is 1.